The average molecular weight is 404 g/mol. The number of nitrogens with one attached hydrogen (secondary N) is 1. The van der Waals surface area contributed by atoms with Crippen molar-refractivity contribution in [1.29, 1.82) is 0 Å². The molecule has 25 heavy (non-hydrogen) atoms. The van der Waals surface area contributed by atoms with Gasteiger partial charge in [0, 0.05) is 16.9 Å². The molecule has 0 atom stereocenters. The minimum absolute atomic E-state index is 0.00291. The highest BCUT2D eigenvalue weighted by atomic mass is 79.9. The van der Waals surface area contributed by atoms with Crippen LogP contribution in [0.4, 0.5) is 0 Å². The predicted octanol–water partition coefficient (Wildman–Crippen LogP) is 2.81. The molecule has 0 saturated carbocycles. The van der Waals surface area contributed by atoms with E-state index in [0.717, 1.165) is 21.6 Å². The van der Waals surface area contributed by atoms with E-state index in [1.54, 1.807) is 0 Å². The van der Waals surface area contributed by atoms with E-state index in [-0.39, 0.29) is 12.5 Å². The Morgan fingerprint density at radius 1 is 1.12 bits per heavy atom. The van der Waals surface area contributed by atoms with E-state index in [4.69, 9.17) is 9.47 Å². The fourth-order valence-electron chi connectivity index (χ4n) is 2.24. The van der Waals surface area contributed by atoms with Gasteiger partial charge in [-0.2, -0.15) is 0 Å². The van der Waals surface area contributed by atoms with Crippen molar-refractivity contribution in [3.05, 3.63) is 65.0 Å². The van der Waals surface area contributed by atoms with Crippen LogP contribution in [0.2, 0.25) is 0 Å². The summed E-state index contributed by atoms with van der Waals surface area (Å²) in [4.78, 5) is 16.2. The lowest BCUT2D eigenvalue weighted by molar-refractivity contribution is -0.126. The maximum Gasteiger partial charge on any atom is 0.246 e. The molecule has 0 radical (unpaired) electrons. The van der Waals surface area contributed by atoms with Gasteiger partial charge in [0.05, 0.1) is 18.8 Å². The smallest absolute Gasteiger partial charge is 0.246 e. The zero-order valence-corrected chi connectivity index (χ0v) is 15.1. The molecule has 0 aliphatic carbocycles. The van der Waals surface area contributed by atoms with E-state index in [2.05, 4.69) is 26.2 Å². The fourth-order valence-corrected chi connectivity index (χ4v) is 2.60. The molecule has 3 rings (SSSR count). The van der Waals surface area contributed by atoms with Gasteiger partial charge in [-0.3, -0.25) is 4.79 Å². The summed E-state index contributed by atoms with van der Waals surface area (Å²) in [7, 11) is 0. The molecule has 130 valence electrons. The van der Waals surface area contributed by atoms with Gasteiger partial charge in [0.2, 0.25) is 5.91 Å². The van der Waals surface area contributed by atoms with Gasteiger partial charge in [-0.1, -0.05) is 18.2 Å². The van der Waals surface area contributed by atoms with Crippen LogP contribution < -0.4 is 10.1 Å². The van der Waals surface area contributed by atoms with Crippen LogP contribution >= 0.6 is 15.9 Å². The Labute approximate surface area is 153 Å². The molecule has 6 nitrogen and oxygen atoms in total. The van der Waals surface area contributed by atoms with Crippen molar-refractivity contribution in [2.24, 2.45) is 0 Å². The SMILES string of the molecule is O=C(COCCOc1ccccc1)NCc1cn2cc(Br)ccc2n1. The maximum absolute atomic E-state index is 11.8. The van der Waals surface area contributed by atoms with Gasteiger partial charge < -0.3 is 19.2 Å². The second-order valence-corrected chi connectivity index (χ2v) is 6.25. The van der Waals surface area contributed by atoms with E-state index in [1.807, 2.05) is 59.3 Å². The number of aromatic nitrogens is 2. The molecule has 0 unspecified atom stereocenters. The van der Waals surface area contributed by atoms with Gasteiger partial charge in [0.15, 0.2) is 0 Å². The number of fused-ring (bicyclic) bond motifs is 1. The molecule has 2 aromatic heterocycles. The Bertz CT molecular complexity index is 836. The summed E-state index contributed by atoms with van der Waals surface area (Å²) >= 11 is 3.41. The molecule has 2 heterocycles. The number of imidazole rings is 1. The monoisotopic (exact) mass is 403 g/mol. The molecule has 1 amide bonds. The zero-order chi connectivity index (χ0) is 17.5. The fraction of sp³-hybridized carbons (Fsp3) is 0.222. The number of benzene rings is 1. The summed E-state index contributed by atoms with van der Waals surface area (Å²) in [5.41, 5.74) is 1.63. The Balaban J connectivity index is 1.34. The first-order valence-electron chi connectivity index (χ1n) is 7.86. The largest absolute Gasteiger partial charge is 0.491 e. The number of amides is 1. The number of hydrogen-bond acceptors (Lipinski definition) is 4. The highest BCUT2D eigenvalue weighted by Crippen LogP contribution is 2.12. The number of pyridine rings is 1. The van der Waals surface area contributed by atoms with Gasteiger partial charge >= 0.3 is 0 Å². The van der Waals surface area contributed by atoms with Crippen molar-refractivity contribution in [3.63, 3.8) is 0 Å². The minimum Gasteiger partial charge on any atom is -0.491 e. The van der Waals surface area contributed by atoms with Crippen molar-refractivity contribution >= 4 is 27.5 Å². The number of hydrogen-bond donors (Lipinski definition) is 1. The number of rotatable bonds is 8. The van der Waals surface area contributed by atoms with Crippen LogP contribution in [0.1, 0.15) is 5.69 Å². The highest BCUT2D eigenvalue weighted by Gasteiger charge is 2.05. The first-order chi connectivity index (χ1) is 12.2. The summed E-state index contributed by atoms with van der Waals surface area (Å²) in [6, 6.07) is 13.3. The van der Waals surface area contributed by atoms with E-state index in [9.17, 15) is 4.79 Å². The molecular formula is C18H18BrN3O3. The topological polar surface area (TPSA) is 64.9 Å². The second kappa shape index (κ2) is 8.64. The predicted molar refractivity (Wildman–Crippen MR) is 97.5 cm³/mol. The van der Waals surface area contributed by atoms with Crippen molar-refractivity contribution in [1.82, 2.24) is 14.7 Å². The van der Waals surface area contributed by atoms with E-state index in [1.165, 1.54) is 0 Å². The van der Waals surface area contributed by atoms with E-state index >= 15 is 0 Å². The molecule has 7 heteroatoms. The number of para-hydroxylation sites is 1. The van der Waals surface area contributed by atoms with Crippen LogP contribution in [0.25, 0.3) is 5.65 Å². The summed E-state index contributed by atoms with van der Waals surface area (Å²) < 4.78 is 13.7. The maximum atomic E-state index is 11.8. The zero-order valence-electron chi connectivity index (χ0n) is 13.5. The van der Waals surface area contributed by atoms with E-state index < -0.39 is 0 Å². The third-order valence-electron chi connectivity index (χ3n) is 3.40. The van der Waals surface area contributed by atoms with E-state index in [0.29, 0.717) is 19.8 Å². The lowest BCUT2D eigenvalue weighted by Crippen LogP contribution is -2.28. The van der Waals surface area contributed by atoms with Crippen LogP contribution in [0.15, 0.2) is 59.3 Å². The highest BCUT2D eigenvalue weighted by molar-refractivity contribution is 9.10. The molecule has 0 aliphatic rings. The number of carbonyl (C=O) groups excluding carboxylic acids is 1. The van der Waals surface area contributed by atoms with Crippen molar-refractivity contribution in [2.75, 3.05) is 19.8 Å². The minimum atomic E-state index is -0.182. The summed E-state index contributed by atoms with van der Waals surface area (Å²) in [6.45, 7) is 1.11. The lowest BCUT2D eigenvalue weighted by atomic mass is 10.3. The molecule has 1 N–H and O–H groups in total. The molecule has 0 bridgehead atoms. The summed E-state index contributed by atoms with van der Waals surface area (Å²) in [5.74, 6) is 0.604. The molecule has 1 aromatic carbocycles. The third-order valence-corrected chi connectivity index (χ3v) is 3.87. The standard InChI is InChI=1S/C18H18BrN3O3/c19-14-6-7-17-21-15(12-22(17)11-14)10-20-18(23)13-24-8-9-25-16-4-2-1-3-5-16/h1-7,11-12H,8-10,13H2,(H,20,23). The third kappa shape index (κ3) is 5.30. The molecule has 3 aromatic rings. The average Bonchev–Trinajstić information content (AvgIpc) is 3.02. The number of nitrogens with zero attached hydrogens (tertiary/aromatic N) is 2. The molecule has 0 fully saturated rings. The molecule has 0 saturated heterocycles. The van der Waals surface area contributed by atoms with Gasteiger partial charge in [-0.25, -0.2) is 4.98 Å². The van der Waals surface area contributed by atoms with Crippen LogP contribution in [0.5, 0.6) is 5.75 Å². The Kier molecular flexibility index (Phi) is 6.03. The van der Waals surface area contributed by atoms with Crippen LogP contribution in [0, 0.1) is 0 Å². The lowest BCUT2D eigenvalue weighted by Gasteiger charge is -2.07. The second-order valence-electron chi connectivity index (χ2n) is 5.34. The molecule has 0 spiro atoms. The van der Waals surface area contributed by atoms with Gasteiger partial charge in [0.1, 0.15) is 24.6 Å². The van der Waals surface area contributed by atoms with Crippen molar-refractivity contribution < 1.29 is 14.3 Å². The summed E-state index contributed by atoms with van der Waals surface area (Å²) in [6.07, 6.45) is 3.80. The Hall–Kier alpha value is -2.38. The van der Waals surface area contributed by atoms with Gasteiger partial charge in [-0.05, 0) is 40.2 Å². The molecule has 0 aliphatic heterocycles. The first kappa shape index (κ1) is 17.4. The number of carbonyl (C=O) groups is 1. The van der Waals surface area contributed by atoms with Crippen LogP contribution in [0.3, 0.4) is 0 Å². The quantitative estimate of drug-likeness (QED) is 0.587. The van der Waals surface area contributed by atoms with Gasteiger partial charge in [0.25, 0.3) is 0 Å². The Morgan fingerprint density at radius 3 is 2.80 bits per heavy atom. The normalized spacial score (nSPS) is 10.8. The summed E-state index contributed by atoms with van der Waals surface area (Å²) in [5, 5.41) is 2.79. The number of ether oxygens (including phenoxy) is 2. The Morgan fingerprint density at radius 2 is 1.96 bits per heavy atom. The molecular weight excluding hydrogens is 386 g/mol. The first-order valence-corrected chi connectivity index (χ1v) is 8.65. The van der Waals surface area contributed by atoms with Crippen LogP contribution in [-0.2, 0) is 16.1 Å². The van der Waals surface area contributed by atoms with Crippen LogP contribution in [-0.4, -0.2) is 35.1 Å². The van der Waals surface area contributed by atoms with Crippen molar-refractivity contribution in [3.8, 4) is 5.75 Å². The van der Waals surface area contributed by atoms with Gasteiger partial charge in [-0.15, -0.1) is 0 Å². The van der Waals surface area contributed by atoms with Crippen molar-refractivity contribution in [2.45, 2.75) is 6.54 Å². The number of halogens is 1.